The number of benzene rings is 1. The Morgan fingerprint density at radius 1 is 1.35 bits per heavy atom. The molecule has 0 spiro atoms. The number of para-hydroxylation sites is 1. The zero-order chi connectivity index (χ0) is 16.9. The van der Waals surface area contributed by atoms with Crippen LogP contribution in [0.4, 0.5) is 24.7 Å². The maximum Gasteiger partial charge on any atom is 0.398 e. The van der Waals surface area contributed by atoms with Crippen LogP contribution in [0.1, 0.15) is 5.76 Å². The average molecular weight is 345 g/mol. The van der Waals surface area contributed by atoms with Crippen molar-refractivity contribution in [3.63, 3.8) is 0 Å². The number of aryl methyl sites for hydroxylation is 1. The summed E-state index contributed by atoms with van der Waals surface area (Å²) in [4.78, 5) is 12.2. The molecule has 2 aromatic rings. The third-order valence-corrected chi connectivity index (χ3v) is 3.75. The highest BCUT2D eigenvalue weighted by Gasteiger charge is 2.27. The third kappa shape index (κ3) is 5.85. The molecule has 2 rings (SSSR count). The molecule has 0 aliphatic rings. The molecule has 1 heterocycles. The number of hydrogen-bond acceptors (Lipinski definition) is 5. The monoisotopic (exact) mass is 345 g/mol. The minimum atomic E-state index is -4.25. The molecule has 0 unspecified atom stereocenters. The van der Waals surface area contributed by atoms with Crippen LogP contribution in [0.2, 0.25) is 0 Å². The molecular formula is C14H14F3N3O2S. The first kappa shape index (κ1) is 17.2. The molecule has 124 valence electrons. The van der Waals surface area contributed by atoms with Gasteiger partial charge in [0.25, 0.3) is 0 Å². The Kier molecular flexibility index (Phi) is 5.54. The van der Waals surface area contributed by atoms with Crippen LogP contribution < -0.4 is 10.6 Å². The number of aromatic nitrogens is 1. The van der Waals surface area contributed by atoms with Crippen LogP contribution in [0.5, 0.6) is 0 Å². The van der Waals surface area contributed by atoms with E-state index in [1.54, 1.807) is 37.3 Å². The molecule has 0 fully saturated rings. The lowest BCUT2D eigenvalue weighted by atomic mass is 10.3. The van der Waals surface area contributed by atoms with Gasteiger partial charge in [0.1, 0.15) is 5.76 Å². The van der Waals surface area contributed by atoms with Crippen LogP contribution >= 0.6 is 11.8 Å². The molecular weight excluding hydrogens is 331 g/mol. The molecule has 0 aliphatic carbocycles. The average Bonchev–Trinajstić information content (AvgIpc) is 2.88. The largest absolute Gasteiger partial charge is 0.398 e. The van der Waals surface area contributed by atoms with Gasteiger partial charge in [-0.3, -0.25) is 4.79 Å². The van der Waals surface area contributed by atoms with Crippen molar-refractivity contribution in [2.45, 2.75) is 18.0 Å². The Hall–Kier alpha value is -2.16. The molecule has 1 amide bonds. The molecule has 0 atom stereocenters. The predicted molar refractivity (Wildman–Crippen MR) is 81.6 cm³/mol. The zero-order valence-corrected chi connectivity index (χ0v) is 12.9. The van der Waals surface area contributed by atoms with Gasteiger partial charge in [-0.1, -0.05) is 17.3 Å². The second kappa shape index (κ2) is 7.40. The van der Waals surface area contributed by atoms with Crippen molar-refractivity contribution in [3.05, 3.63) is 36.1 Å². The number of hydrogen-bond donors (Lipinski definition) is 2. The summed E-state index contributed by atoms with van der Waals surface area (Å²) in [6.07, 6.45) is -4.25. The number of carbonyl (C=O) groups is 1. The zero-order valence-electron chi connectivity index (χ0n) is 12.1. The lowest BCUT2D eigenvalue weighted by Crippen LogP contribution is -2.22. The van der Waals surface area contributed by atoms with Gasteiger partial charge < -0.3 is 15.2 Å². The van der Waals surface area contributed by atoms with E-state index in [0.29, 0.717) is 28.1 Å². The standard InChI is InChI=1S/C14H14F3N3O2S/c1-9-6-12(20-22-9)19-13(21)7-18-10-4-2-3-5-11(10)23-8-14(15,16)17/h2-6,18H,7-8H2,1H3,(H,19,20,21). The van der Waals surface area contributed by atoms with Crippen molar-refractivity contribution in [3.8, 4) is 0 Å². The van der Waals surface area contributed by atoms with Crippen LogP contribution in [-0.2, 0) is 4.79 Å². The van der Waals surface area contributed by atoms with Crippen LogP contribution in [-0.4, -0.2) is 29.5 Å². The van der Waals surface area contributed by atoms with E-state index in [1.165, 1.54) is 0 Å². The van der Waals surface area contributed by atoms with Gasteiger partial charge in [0.15, 0.2) is 5.82 Å². The summed E-state index contributed by atoms with van der Waals surface area (Å²) < 4.78 is 41.7. The van der Waals surface area contributed by atoms with Gasteiger partial charge in [0.2, 0.25) is 5.91 Å². The fourth-order valence-electron chi connectivity index (χ4n) is 1.69. The first-order valence-corrected chi connectivity index (χ1v) is 7.58. The maximum atomic E-state index is 12.3. The predicted octanol–water partition coefficient (Wildman–Crippen LogP) is 3.69. The summed E-state index contributed by atoms with van der Waals surface area (Å²) >= 11 is 0.666. The lowest BCUT2D eigenvalue weighted by Gasteiger charge is -2.12. The molecule has 0 bridgehead atoms. The van der Waals surface area contributed by atoms with Gasteiger partial charge in [-0.15, -0.1) is 11.8 Å². The van der Waals surface area contributed by atoms with Crippen LogP contribution in [0, 0.1) is 6.92 Å². The summed E-state index contributed by atoms with van der Waals surface area (Å²) in [5, 5.41) is 8.95. The van der Waals surface area contributed by atoms with E-state index in [1.807, 2.05) is 0 Å². The van der Waals surface area contributed by atoms with E-state index in [9.17, 15) is 18.0 Å². The fourth-order valence-corrected chi connectivity index (χ4v) is 2.48. The molecule has 23 heavy (non-hydrogen) atoms. The van der Waals surface area contributed by atoms with Crippen molar-refractivity contribution >= 4 is 29.2 Å². The van der Waals surface area contributed by atoms with Gasteiger partial charge in [0.05, 0.1) is 12.3 Å². The van der Waals surface area contributed by atoms with E-state index in [-0.39, 0.29) is 18.3 Å². The van der Waals surface area contributed by atoms with Crippen LogP contribution in [0.25, 0.3) is 0 Å². The SMILES string of the molecule is Cc1cc(NC(=O)CNc2ccccc2SCC(F)(F)F)no1. The highest BCUT2D eigenvalue weighted by atomic mass is 32.2. The molecule has 0 saturated carbocycles. The highest BCUT2D eigenvalue weighted by Crippen LogP contribution is 2.31. The molecule has 0 aliphatic heterocycles. The summed E-state index contributed by atoms with van der Waals surface area (Å²) in [7, 11) is 0. The molecule has 5 nitrogen and oxygen atoms in total. The number of alkyl halides is 3. The number of nitrogens with one attached hydrogen (secondary N) is 2. The number of halogens is 3. The Morgan fingerprint density at radius 2 is 2.09 bits per heavy atom. The summed E-state index contributed by atoms with van der Waals surface area (Å²) in [6.45, 7) is 1.59. The Bertz CT molecular complexity index is 673. The maximum absolute atomic E-state index is 12.3. The fraction of sp³-hybridized carbons (Fsp3) is 0.286. The summed E-state index contributed by atoms with van der Waals surface area (Å²) in [5.74, 6) is -0.527. The Labute approximate surface area is 134 Å². The number of carbonyl (C=O) groups excluding carboxylic acids is 1. The summed E-state index contributed by atoms with van der Waals surface area (Å²) in [6, 6.07) is 8.07. The van der Waals surface area contributed by atoms with E-state index in [4.69, 9.17) is 4.52 Å². The van der Waals surface area contributed by atoms with Crippen molar-refractivity contribution < 1.29 is 22.5 Å². The highest BCUT2D eigenvalue weighted by molar-refractivity contribution is 7.99. The number of rotatable bonds is 6. The first-order chi connectivity index (χ1) is 10.8. The van der Waals surface area contributed by atoms with E-state index in [0.717, 1.165) is 0 Å². The number of thioether (sulfide) groups is 1. The van der Waals surface area contributed by atoms with Gasteiger partial charge in [0, 0.05) is 16.6 Å². The Balaban J connectivity index is 1.91. The molecule has 0 saturated heterocycles. The van der Waals surface area contributed by atoms with Crippen molar-refractivity contribution in [2.24, 2.45) is 0 Å². The lowest BCUT2D eigenvalue weighted by molar-refractivity contribution is -0.114. The van der Waals surface area contributed by atoms with Gasteiger partial charge >= 0.3 is 6.18 Å². The van der Waals surface area contributed by atoms with Gasteiger partial charge in [-0.05, 0) is 19.1 Å². The number of anilines is 2. The van der Waals surface area contributed by atoms with Gasteiger partial charge in [-0.2, -0.15) is 13.2 Å². The number of nitrogens with zero attached hydrogens (tertiary/aromatic N) is 1. The Morgan fingerprint density at radius 3 is 2.74 bits per heavy atom. The minimum Gasteiger partial charge on any atom is -0.375 e. The second-order valence-corrected chi connectivity index (χ2v) is 5.64. The quantitative estimate of drug-likeness (QED) is 0.782. The smallest absolute Gasteiger partial charge is 0.375 e. The van der Waals surface area contributed by atoms with Crippen molar-refractivity contribution in [1.82, 2.24) is 5.16 Å². The van der Waals surface area contributed by atoms with Crippen LogP contribution in [0.3, 0.4) is 0 Å². The molecule has 0 radical (unpaired) electrons. The second-order valence-electron chi connectivity index (χ2n) is 4.62. The molecule has 2 N–H and O–H groups in total. The topological polar surface area (TPSA) is 67.2 Å². The van der Waals surface area contributed by atoms with Gasteiger partial charge in [-0.25, -0.2) is 0 Å². The van der Waals surface area contributed by atoms with E-state index >= 15 is 0 Å². The van der Waals surface area contributed by atoms with Crippen molar-refractivity contribution in [1.29, 1.82) is 0 Å². The van der Waals surface area contributed by atoms with Crippen molar-refractivity contribution in [2.75, 3.05) is 22.9 Å². The summed E-state index contributed by atoms with van der Waals surface area (Å²) in [5.41, 5.74) is 0.466. The van der Waals surface area contributed by atoms with Crippen LogP contribution in [0.15, 0.2) is 39.8 Å². The third-order valence-electron chi connectivity index (χ3n) is 2.61. The normalized spacial score (nSPS) is 11.3. The molecule has 1 aromatic carbocycles. The minimum absolute atomic E-state index is 0.102. The first-order valence-electron chi connectivity index (χ1n) is 6.59. The van der Waals surface area contributed by atoms with E-state index < -0.39 is 11.9 Å². The molecule has 9 heteroatoms. The van der Waals surface area contributed by atoms with E-state index in [2.05, 4.69) is 15.8 Å². The molecule has 1 aromatic heterocycles. The number of amides is 1.